The van der Waals surface area contributed by atoms with Crippen LogP contribution in [0.3, 0.4) is 0 Å². The van der Waals surface area contributed by atoms with Gasteiger partial charge in [0.1, 0.15) is 4.99 Å². The number of sulfone groups is 1. The highest BCUT2D eigenvalue weighted by molar-refractivity contribution is 7.91. The normalized spacial score (nSPS) is 13.9. The molecule has 0 amide bonds. The first kappa shape index (κ1) is 17.9. The van der Waals surface area contributed by atoms with Crippen LogP contribution in [0, 0.1) is 0 Å². The number of benzene rings is 1. The molecule has 0 heterocycles. The van der Waals surface area contributed by atoms with Crippen molar-refractivity contribution in [2.45, 2.75) is 24.1 Å². The summed E-state index contributed by atoms with van der Waals surface area (Å²) in [6, 6.07) is 5.48. The van der Waals surface area contributed by atoms with Crippen molar-refractivity contribution in [3.63, 3.8) is 0 Å². The average molecular weight is 341 g/mol. The lowest BCUT2D eigenvalue weighted by molar-refractivity contribution is -0.212. The highest BCUT2D eigenvalue weighted by Gasteiger charge is 2.37. The van der Waals surface area contributed by atoms with E-state index in [0.29, 0.717) is 5.56 Å². The van der Waals surface area contributed by atoms with E-state index >= 15 is 0 Å². The first-order valence-corrected chi connectivity index (χ1v) is 7.91. The van der Waals surface area contributed by atoms with Gasteiger partial charge in [0, 0.05) is 5.56 Å². The molecule has 0 radical (unpaired) electrons. The van der Waals surface area contributed by atoms with Gasteiger partial charge in [0.2, 0.25) is 0 Å². The molecule has 0 aliphatic rings. The molecule has 0 fully saturated rings. The molecule has 1 unspecified atom stereocenters. The lowest BCUT2D eigenvalue weighted by Crippen LogP contribution is -2.30. The van der Waals surface area contributed by atoms with Crippen LogP contribution in [0.15, 0.2) is 29.2 Å². The van der Waals surface area contributed by atoms with Crippen LogP contribution in [-0.2, 0) is 14.6 Å². The van der Waals surface area contributed by atoms with Gasteiger partial charge < -0.3 is 10.5 Å². The fourth-order valence-electron chi connectivity index (χ4n) is 1.37. The van der Waals surface area contributed by atoms with E-state index in [2.05, 4.69) is 4.74 Å². The summed E-state index contributed by atoms with van der Waals surface area (Å²) in [5.74, 6) is -0.542. The van der Waals surface area contributed by atoms with Crippen molar-refractivity contribution in [1.82, 2.24) is 0 Å². The monoisotopic (exact) mass is 341 g/mol. The van der Waals surface area contributed by atoms with E-state index < -0.39 is 34.5 Å². The maximum atomic E-state index is 12.2. The molecule has 1 aromatic carbocycles. The predicted molar refractivity (Wildman–Crippen MR) is 75.9 cm³/mol. The molecule has 0 bridgehead atoms. The van der Waals surface area contributed by atoms with Gasteiger partial charge in [-0.2, -0.15) is 13.2 Å². The molecule has 0 saturated heterocycles. The van der Waals surface area contributed by atoms with Crippen LogP contribution >= 0.6 is 12.2 Å². The van der Waals surface area contributed by atoms with Gasteiger partial charge in [-0.1, -0.05) is 24.4 Å². The van der Waals surface area contributed by atoms with E-state index in [4.69, 9.17) is 18.0 Å². The van der Waals surface area contributed by atoms with Crippen molar-refractivity contribution >= 4 is 27.0 Å². The number of hydrogen-bond acceptors (Lipinski definition) is 4. The zero-order valence-corrected chi connectivity index (χ0v) is 12.7. The average Bonchev–Trinajstić information content (AvgIpc) is 2.37. The first-order chi connectivity index (χ1) is 9.54. The van der Waals surface area contributed by atoms with E-state index in [-0.39, 0.29) is 9.88 Å². The molecule has 1 atom stereocenters. The second-order valence-corrected chi connectivity index (χ2v) is 6.81. The summed E-state index contributed by atoms with van der Waals surface area (Å²) >= 11 is 4.73. The number of ether oxygens (including phenoxy) is 1. The van der Waals surface area contributed by atoms with Crippen LogP contribution in [-0.4, -0.2) is 38.0 Å². The molecule has 0 aromatic heterocycles. The smallest absolute Gasteiger partial charge is 0.389 e. The minimum Gasteiger partial charge on any atom is -0.389 e. The van der Waals surface area contributed by atoms with Gasteiger partial charge in [-0.05, 0) is 19.1 Å². The van der Waals surface area contributed by atoms with Gasteiger partial charge in [0.25, 0.3) is 0 Å². The zero-order chi connectivity index (χ0) is 16.3. The third kappa shape index (κ3) is 5.25. The Balaban J connectivity index is 2.68. The molecule has 118 valence electrons. The summed E-state index contributed by atoms with van der Waals surface area (Å²) in [6.07, 6.45) is -6.52. The Morgan fingerprint density at radius 1 is 1.33 bits per heavy atom. The summed E-state index contributed by atoms with van der Waals surface area (Å²) in [5.41, 5.74) is 5.89. The second-order valence-electron chi connectivity index (χ2n) is 4.26. The van der Waals surface area contributed by atoms with Crippen LogP contribution in [0.25, 0.3) is 0 Å². The summed E-state index contributed by atoms with van der Waals surface area (Å²) in [4.78, 5) is 0.104. The number of halogens is 3. The highest BCUT2D eigenvalue weighted by atomic mass is 32.2. The summed E-state index contributed by atoms with van der Waals surface area (Å²) in [6.45, 7) is 0.281. The molecule has 9 heteroatoms. The minimum atomic E-state index is -4.51. The molecular weight excluding hydrogens is 327 g/mol. The van der Waals surface area contributed by atoms with Gasteiger partial charge in [-0.25, -0.2) is 8.42 Å². The maximum absolute atomic E-state index is 12.2. The first-order valence-electron chi connectivity index (χ1n) is 5.85. The van der Waals surface area contributed by atoms with Crippen molar-refractivity contribution in [3.05, 3.63) is 29.8 Å². The fourth-order valence-corrected chi connectivity index (χ4v) is 2.61. The van der Waals surface area contributed by atoms with Crippen molar-refractivity contribution in [2.75, 3.05) is 12.4 Å². The Kier molecular flexibility index (Phi) is 5.71. The molecule has 21 heavy (non-hydrogen) atoms. The highest BCUT2D eigenvalue weighted by Crippen LogP contribution is 2.22. The molecule has 0 saturated carbocycles. The van der Waals surface area contributed by atoms with Crippen molar-refractivity contribution in [2.24, 2.45) is 5.73 Å². The van der Waals surface area contributed by atoms with E-state index in [1.165, 1.54) is 24.3 Å². The SMILES string of the molecule is CC(OCCS(=O)(=O)c1ccc(C(N)=S)cc1)C(F)(F)F. The Morgan fingerprint density at radius 2 is 1.86 bits per heavy atom. The number of rotatable bonds is 6. The maximum Gasteiger partial charge on any atom is 0.414 e. The molecule has 0 aliphatic carbocycles. The van der Waals surface area contributed by atoms with Crippen molar-refractivity contribution in [3.8, 4) is 0 Å². The number of nitrogens with two attached hydrogens (primary N) is 1. The van der Waals surface area contributed by atoms with Crippen molar-refractivity contribution in [1.29, 1.82) is 0 Å². The van der Waals surface area contributed by atoms with E-state index in [0.717, 1.165) is 6.92 Å². The summed E-state index contributed by atoms with van der Waals surface area (Å²) in [7, 11) is -3.72. The van der Waals surface area contributed by atoms with Gasteiger partial charge >= 0.3 is 6.18 Å². The van der Waals surface area contributed by atoms with Crippen LogP contribution in [0.2, 0.25) is 0 Å². The fraction of sp³-hybridized carbons (Fsp3) is 0.417. The van der Waals surface area contributed by atoms with Crippen molar-refractivity contribution < 1.29 is 26.3 Å². The third-order valence-electron chi connectivity index (χ3n) is 2.68. The second kappa shape index (κ2) is 6.71. The van der Waals surface area contributed by atoms with Crippen LogP contribution in [0.4, 0.5) is 13.2 Å². The molecular formula is C12H14F3NO3S2. The van der Waals surface area contributed by atoms with Crippen LogP contribution < -0.4 is 5.73 Å². The molecule has 0 spiro atoms. The Bertz CT molecular complexity index is 597. The van der Waals surface area contributed by atoms with E-state index in [1.807, 2.05) is 0 Å². The Hall–Kier alpha value is -1.19. The quantitative estimate of drug-likeness (QED) is 0.802. The largest absolute Gasteiger partial charge is 0.414 e. The summed E-state index contributed by atoms with van der Waals surface area (Å²) in [5, 5.41) is 0. The lowest BCUT2D eigenvalue weighted by atomic mass is 10.2. The standard InChI is InChI=1S/C12H14F3NO3S2/c1-8(12(13,14)15)19-6-7-21(17,18)10-4-2-9(3-5-10)11(16)20/h2-5,8H,6-7H2,1H3,(H2,16,20). The minimum absolute atomic E-state index is 0.0224. The number of thiocarbonyl (C=S) groups is 1. The van der Waals surface area contributed by atoms with Gasteiger partial charge in [0.15, 0.2) is 15.9 Å². The van der Waals surface area contributed by atoms with Crippen LogP contribution in [0.1, 0.15) is 12.5 Å². The molecule has 1 rings (SSSR count). The zero-order valence-electron chi connectivity index (χ0n) is 11.1. The molecule has 2 N–H and O–H groups in total. The molecule has 0 aliphatic heterocycles. The summed E-state index contributed by atoms with van der Waals surface area (Å²) < 4.78 is 65.0. The predicted octanol–water partition coefficient (Wildman–Crippen LogP) is 2.06. The Morgan fingerprint density at radius 3 is 2.29 bits per heavy atom. The number of hydrogen-bond donors (Lipinski definition) is 1. The Labute approximate surface area is 126 Å². The van der Waals surface area contributed by atoms with Gasteiger partial charge in [0.05, 0.1) is 17.3 Å². The third-order valence-corrected chi connectivity index (χ3v) is 4.61. The topological polar surface area (TPSA) is 69.4 Å². The molecule has 4 nitrogen and oxygen atoms in total. The van der Waals surface area contributed by atoms with E-state index in [9.17, 15) is 21.6 Å². The number of alkyl halides is 3. The van der Waals surface area contributed by atoms with Gasteiger partial charge in [-0.3, -0.25) is 0 Å². The van der Waals surface area contributed by atoms with E-state index in [1.54, 1.807) is 0 Å². The lowest BCUT2D eigenvalue weighted by Gasteiger charge is -2.16. The van der Waals surface area contributed by atoms with Gasteiger partial charge in [-0.15, -0.1) is 0 Å². The van der Waals surface area contributed by atoms with Crippen LogP contribution in [0.5, 0.6) is 0 Å². The molecule has 1 aromatic rings.